The highest BCUT2D eigenvalue weighted by atomic mass is 32.2. The maximum atomic E-state index is 11.4. The van der Waals surface area contributed by atoms with E-state index in [0.717, 1.165) is 12.2 Å². The zero-order valence-electron chi connectivity index (χ0n) is 12.3. The van der Waals surface area contributed by atoms with E-state index in [4.69, 9.17) is 0 Å². The summed E-state index contributed by atoms with van der Waals surface area (Å²) in [6.45, 7) is 5.18. The first-order chi connectivity index (χ1) is 9.48. The fraction of sp³-hybridized carbons (Fsp3) is 0.667. The van der Waals surface area contributed by atoms with Crippen molar-refractivity contribution in [3.05, 3.63) is 18.0 Å². The van der Waals surface area contributed by atoms with E-state index in [9.17, 15) is 8.42 Å². The molecule has 1 heterocycles. The third-order valence-electron chi connectivity index (χ3n) is 2.81. The van der Waals surface area contributed by atoms with Gasteiger partial charge in [0, 0.05) is 32.1 Å². The normalized spacial score (nSPS) is 12.4. The molecule has 0 aliphatic rings. The van der Waals surface area contributed by atoms with Gasteiger partial charge in [-0.2, -0.15) is 5.10 Å². The van der Waals surface area contributed by atoms with Crippen molar-refractivity contribution in [2.45, 2.75) is 20.4 Å². The Morgan fingerprint density at radius 3 is 2.70 bits per heavy atom. The van der Waals surface area contributed by atoms with Gasteiger partial charge >= 0.3 is 0 Å². The molecule has 114 valence electrons. The van der Waals surface area contributed by atoms with Crippen LogP contribution in [0.3, 0.4) is 0 Å². The zero-order chi connectivity index (χ0) is 15.0. The number of guanidine groups is 1. The summed E-state index contributed by atoms with van der Waals surface area (Å²) in [4.78, 5) is 4.40. The third-order valence-corrected chi connectivity index (χ3v) is 4.52. The predicted molar refractivity (Wildman–Crippen MR) is 80.4 cm³/mol. The quantitative estimate of drug-likeness (QED) is 0.543. The van der Waals surface area contributed by atoms with Crippen LogP contribution in [0.4, 0.5) is 0 Å². The molecule has 0 radical (unpaired) electrons. The molecule has 0 amide bonds. The fourth-order valence-electron chi connectivity index (χ4n) is 1.53. The van der Waals surface area contributed by atoms with Crippen molar-refractivity contribution in [3.63, 3.8) is 0 Å². The first kappa shape index (κ1) is 16.5. The summed E-state index contributed by atoms with van der Waals surface area (Å²) in [5, 5.41) is 10.2. The highest BCUT2D eigenvalue weighted by Crippen LogP contribution is 1.98. The average Bonchev–Trinajstić information content (AvgIpc) is 2.81. The summed E-state index contributed by atoms with van der Waals surface area (Å²) < 4.78 is 24.6. The Balaban J connectivity index is 2.53. The molecule has 0 saturated heterocycles. The molecule has 1 rings (SSSR count). The van der Waals surface area contributed by atoms with E-state index >= 15 is 0 Å². The van der Waals surface area contributed by atoms with E-state index in [1.807, 2.05) is 20.0 Å². The topological polar surface area (TPSA) is 88.4 Å². The Labute approximate surface area is 120 Å². The molecule has 0 aromatic carbocycles. The van der Waals surface area contributed by atoms with Gasteiger partial charge in [0.1, 0.15) is 0 Å². The summed E-state index contributed by atoms with van der Waals surface area (Å²) >= 11 is 0. The van der Waals surface area contributed by atoms with E-state index in [1.54, 1.807) is 17.8 Å². The van der Waals surface area contributed by atoms with E-state index < -0.39 is 9.84 Å². The van der Waals surface area contributed by atoms with Crippen molar-refractivity contribution >= 4 is 15.8 Å². The summed E-state index contributed by atoms with van der Waals surface area (Å²) in [5.41, 5.74) is 0.989. The van der Waals surface area contributed by atoms with Gasteiger partial charge in [0.05, 0.1) is 18.0 Å². The minimum atomic E-state index is -2.95. The minimum absolute atomic E-state index is 0.111. The second-order valence-electron chi connectivity index (χ2n) is 4.30. The Morgan fingerprint density at radius 2 is 2.15 bits per heavy atom. The number of aliphatic imine (C=N–C) groups is 1. The van der Waals surface area contributed by atoms with Crippen LogP contribution in [0.25, 0.3) is 0 Å². The lowest BCUT2D eigenvalue weighted by molar-refractivity contribution is 0.595. The number of hydrogen-bond acceptors (Lipinski definition) is 4. The van der Waals surface area contributed by atoms with Crippen LogP contribution in [-0.2, 0) is 23.4 Å². The number of aryl methyl sites for hydroxylation is 1. The molecule has 0 bridgehead atoms. The van der Waals surface area contributed by atoms with Crippen molar-refractivity contribution in [1.82, 2.24) is 20.4 Å². The van der Waals surface area contributed by atoms with Crippen LogP contribution < -0.4 is 10.6 Å². The van der Waals surface area contributed by atoms with Gasteiger partial charge in [0.15, 0.2) is 15.8 Å². The van der Waals surface area contributed by atoms with Crippen LogP contribution in [0.15, 0.2) is 17.3 Å². The number of aromatic nitrogens is 2. The minimum Gasteiger partial charge on any atom is -0.357 e. The largest absolute Gasteiger partial charge is 0.357 e. The molecular weight excluding hydrogens is 278 g/mol. The Bertz CT molecular complexity index is 536. The summed E-state index contributed by atoms with van der Waals surface area (Å²) in [6, 6.07) is 1.90. The molecule has 20 heavy (non-hydrogen) atoms. The van der Waals surface area contributed by atoms with E-state index in [1.165, 1.54) is 0 Å². The number of nitrogens with zero attached hydrogens (tertiary/aromatic N) is 3. The van der Waals surface area contributed by atoms with E-state index in [-0.39, 0.29) is 11.5 Å². The highest BCUT2D eigenvalue weighted by molar-refractivity contribution is 7.91. The molecular formula is C12H23N5O2S. The molecule has 7 nitrogen and oxygen atoms in total. The molecule has 1 aromatic heterocycles. The Hall–Kier alpha value is -1.57. The van der Waals surface area contributed by atoms with Gasteiger partial charge in [-0.05, 0) is 13.0 Å². The second-order valence-corrected chi connectivity index (χ2v) is 6.78. The third kappa shape index (κ3) is 5.60. The standard InChI is InChI=1S/C12H23N5O2S/c1-4-13-12(14-8-9-20(18,19)5-2)15-10-11-6-7-16-17(11)3/h6-7H,4-5,8-10H2,1-3H3,(H2,13,14,15). The molecule has 0 unspecified atom stereocenters. The van der Waals surface area contributed by atoms with Crippen LogP contribution in [0, 0.1) is 0 Å². The molecule has 0 aliphatic heterocycles. The number of nitrogens with one attached hydrogen (secondary N) is 2. The number of hydrogen-bond donors (Lipinski definition) is 2. The number of sulfone groups is 1. The van der Waals surface area contributed by atoms with Gasteiger partial charge < -0.3 is 10.6 Å². The van der Waals surface area contributed by atoms with E-state index in [2.05, 4.69) is 20.7 Å². The van der Waals surface area contributed by atoms with E-state index in [0.29, 0.717) is 19.0 Å². The highest BCUT2D eigenvalue weighted by Gasteiger charge is 2.07. The zero-order valence-corrected chi connectivity index (χ0v) is 13.1. The Morgan fingerprint density at radius 1 is 1.40 bits per heavy atom. The molecule has 0 aliphatic carbocycles. The summed E-state index contributed by atoms with van der Waals surface area (Å²) in [6.07, 6.45) is 1.72. The van der Waals surface area contributed by atoms with Gasteiger partial charge in [0.2, 0.25) is 0 Å². The summed E-state index contributed by atoms with van der Waals surface area (Å²) in [7, 11) is -1.09. The van der Waals surface area contributed by atoms with Crippen molar-refractivity contribution in [3.8, 4) is 0 Å². The fourth-order valence-corrected chi connectivity index (χ4v) is 2.23. The first-order valence-electron chi connectivity index (χ1n) is 6.68. The number of rotatable bonds is 7. The van der Waals surface area contributed by atoms with Gasteiger partial charge in [-0.1, -0.05) is 6.92 Å². The molecule has 0 atom stereocenters. The van der Waals surface area contributed by atoms with Gasteiger partial charge in [0.25, 0.3) is 0 Å². The van der Waals surface area contributed by atoms with Crippen LogP contribution in [0.1, 0.15) is 19.5 Å². The van der Waals surface area contributed by atoms with Crippen molar-refractivity contribution in [2.24, 2.45) is 12.0 Å². The second kappa shape index (κ2) is 7.88. The lowest BCUT2D eigenvalue weighted by Crippen LogP contribution is -2.39. The van der Waals surface area contributed by atoms with Gasteiger partial charge in [-0.25, -0.2) is 13.4 Å². The first-order valence-corrected chi connectivity index (χ1v) is 8.50. The van der Waals surface area contributed by atoms with Crippen LogP contribution >= 0.6 is 0 Å². The molecule has 0 saturated carbocycles. The summed E-state index contributed by atoms with van der Waals surface area (Å²) in [5.74, 6) is 0.886. The lowest BCUT2D eigenvalue weighted by atomic mass is 10.4. The lowest BCUT2D eigenvalue weighted by Gasteiger charge is -2.11. The Kier molecular flexibility index (Phi) is 6.50. The molecule has 2 N–H and O–H groups in total. The molecule has 8 heteroatoms. The van der Waals surface area contributed by atoms with Crippen molar-refractivity contribution in [2.75, 3.05) is 24.6 Å². The van der Waals surface area contributed by atoms with Crippen LogP contribution in [-0.4, -0.2) is 48.8 Å². The average molecular weight is 301 g/mol. The molecule has 0 fully saturated rings. The SMILES string of the molecule is CCNC(=NCc1ccnn1C)NCCS(=O)(=O)CC. The van der Waals surface area contributed by atoms with Gasteiger partial charge in [-0.3, -0.25) is 4.68 Å². The van der Waals surface area contributed by atoms with Crippen LogP contribution in [0.2, 0.25) is 0 Å². The van der Waals surface area contributed by atoms with Crippen LogP contribution in [0.5, 0.6) is 0 Å². The van der Waals surface area contributed by atoms with Crippen molar-refractivity contribution in [1.29, 1.82) is 0 Å². The molecule has 0 spiro atoms. The van der Waals surface area contributed by atoms with Gasteiger partial charge in [-0.15, -0.1) is 0 Å². The maximum absolute atomic E-state index is 11.4. The monoisotopic (exact) mass is 301 g/mol. The van der Waals surface area contributed by atoms with Crippen molar-refractivity contribution < 1.29 is 8.42 Å². The predicted octanol–water partition coefficient (Wildman–Crippen LogP) is -0.0901. The maximum Gasteiger partial charge on any atom is 0.191 e. The molecule has 1 aromatic rings. The smallest absolute Gasteiger partial charge is 0.191 e.